The standard InChI is InChI=1S/C15H18N6O/c1-16-14(10-7-18-21(2)9-10)15(22)17-8-13-19-11-5-3-4-6-12(11)20-13/h3-7,9,14,16H,8H2,1-2H3,(H,17,22)(H,19,20). The van der Waals surface area contributed by atoms with Crippen LogP contribution in [0.4, 0.5) is 0 Å². The van der Waals surface area contributed by atoms with Crippen molar-refractivity contribution >= 4 is 16.9 Å². The summed E-state index contributed by atoms with van der Waals surface area (Å²) in [4.78, 5) is 19.9. The monoisotopic (exact) mass is 298 g/mol. The molecule has 2 aromatic heterocycles. The number of hydrogen-bond donors (Lipinski definition) is 3. The zero-order chi connectivity index (χ0) is 15.5. The predicted molar refractivity (Wildman–Crippen MR) is 82.9 cm³/mol. The molecular formula is C15H18N6O. The van der Waals surface area contributed by atoms with Gasteiger partial charge in [-0.2, -0.15) is 5.10 Å². The average Bonchev–Trinajstić information content (AvgIpc) is 3.12. The van der Waals surface area contributed by atoms with Crippen molar-refractivity contribution < 1.29 is 4.79 Å². The molecule has 22 heavy (non-hydrogen) atoms. The minimum atomic E-state index is -0.432. The number of para-hydroxylation sites is 2. The third-order valence-corrected chi connectivity index (χ3v) is 3.48. The number of imidazole rings is 1. The topological polar surface area (TPSA) is 87.6 Å². The molecule has 7 nitrogen and oxygen atoms in total. The first-order valence-electron chi connectivity index (χ1n) is 7.04. The maximum Gasteiger partial charge on any atom is 0.242 e. The number of amides is 1. The van der Waals surface area contributed by atoms with Crippen LogP contribution in [0.25, 0.3) is 11.0 Å². The first-order valence-corrected chi connectivity index (χ1v) is 7.04. The normalized spacial score (nSPS) is 12.5. The molecule has 1 amide bonds. The number of nitrogens with one attached hydrogen (secondary N) is 3. The van der Waals surface area contributed by atoms with Crippen molar-refractivity contribution in [1.29, 1.82) is 0 Å². The Morgan fingerprint density at radius 2 is 2.23 bits per heavy atom. The number of hydrogen-bond acceptors (Lipinski definition) is 4. The average molecular weight is 298 g/mol. The van der Waals surface area contributed by atoms with Crippen LogP contribution in [0.15, 0.2) is 36.7 Å². The van der Waals surface area contributed by atoms with Gasteiger partial charge in [-0.15, -0.1) is 0 Å². The highest BCUT2D eigenvalue weighted by Crippen LogP contribution is 2.12. The lowest BCUT2D eigenvalue weighted by atomic mass is 10.1. The number of aromatic nitrogens is 4. The second-order valence-corrected chi connectivity index (χ2v) is 5.09. The van der Waals surface area contributed by atoms with E-state index in [1.807, 2.05) is 37.5 Å². The van der Waals surface area contributed by atoms with E-state index in [0.717, 1.165) is 22.4 Å². The summed E-state index contributed by atoms with van der Waals surface area (Å²) in [5, 5.41) is 9.98. The maximum absolute atomic E-state index is 12.3. The quantitative estimate of drug-likeness (QED) is 0.652. The summed E-state index contributed by atoms with van der Waals surface area (Å²) >= 11 is 0. The number of aromatic amines is 1. The molecule has 114 valence electrons. The maximum atomic E-state index is 12.3. The molecule has 0 radical (unpaired) electrons. The molecule has 1 unspecified atom stereocenters. The summed E-state index contributed by atoms with van der Waals surface area (Å²) < 4.78 is 1.67. The highest BCUT2D eigenvalue weighted by atomic mass is 16.2. The smallest absolute Gasteiger partial charge is 0.242 e. The highest BCUT2D eigenvalue weighted by molar-refractivity contribution is 5.83. The van der Waals surface area contributed by atoms with Gasteiger partial charge in [-0.3, -0.25) is 9.48 Å². The summed E-state index contributed by atoms with van der Waals surface area (Å²) in [5.41, 5.74) is 2.68. The number of nitrogens with zero attached hydrogens (tertiary/aromatic N) is 3. The van der Waals surface area contributed by atoms with Crippen LogP contribution in [0.5, 0.6) is 0 Å². The van der Waals surface area contributed by atoms with Gasteiger partial charge < -0.3 is 15.6 Å². The van der Waals surface area contributed by atoms with Gasteiger partial charge in [0, 0.05) is 18.8 Å². The molecule has 0 saturated heterocycles. The molecule has 0 saturated carbocycles. The molecule has 0 spiro atoms. The molecule has 2 heterocycles. The summed E-state index contributed by atoms with van der Waals surface area (Å²) in [6, 6.07) is 7.34. The lowest BCUT2D eigenvalue weighted by molar-refractivity contribution is -0.123. The van der Waals surface area contributed by atoms with E-state index in [1.54, 1.807) is 17.9 Å². The number of aryl methyl sites for hydroxylation is 1. The first kappa shape index (κ1) is 14.3. The Labute approximate surface area is 127 Å². The molecule has 3 aromatic rings. The van der Waals surface area contributed by atoms with Crippen molar-refractivity contribution in [3.05, 3.63) is 48.0 Å². The third-order valence-electron chi connectivity index (χ3n) is 3.48. The van der Waals surface area contributed by atoms with Crippen molar-refractivity contribution in [3.8, 4) is 0 Å². The number of rotatable bonds is 5. The van der Waals surface area contributed by atoms with Crippen LogP contribution < -0.4 is 10.6 Å². The van der Waals surface area contributed by atoms with Crippen molar-refractivity contribution in [2.45, 2.75) is 12.6 Å². The van der Waals surface area contributed by atoms with E-state index in [1.165, 1.54) is 0 Å². The van der Waals surface area contributed by atoms with Crippen LogP contribution in [-0.4, -0.2) is 32.7 Å². The van der Waals surface area contributed by atoms with Crippen LogP contribution in [0, 0.1) is 0 Å². The van der Waals surface area contributed by atoms with E-state index in [4.69, 9.17) is 0 Å². The van der Waals surface area contributed by atoms with E-state index < -0.39 is 6.04 Å². The molecule has 1 atom stereocenters. The Kier molecular flexibility index (Phi) is 3.88. The van der Waals surface area contributed by atoms with E-state index >= 15 is 0 Å². The largest absolute Gasteiger partial charge is 0.347 e. The molecule has 3 N–H and O–H groups in total. The van der Waals surface area contributed by atoms with Crippen molar-refractivity contribution in [2.75, 3.05) is 7.05 Å². The van der Waals surface area contributed by atoms with Gasteiger partial charge >= 0.3 is 0 Å². The zero-order valence-corrected chi connectivity index (χ0v) is 12.5. The molecule has 0 bridgehead atoms. The van der Waals surface area contributed by atoms with Gasteiger partial charge in [0.05, 0.1) is 23.8 Å². The van der Waals surface area contributed by atoms with Gasteiger partial charge in [-0.1, -0.05) is 12.1 Å². The summed E-state index contributed by atoms with van der Waals surface area (Å²) in [6.07, 6.45) is 3.50. The Morgan fingerprint density at radius 1 is 1.41 bits per heavy atom. The van der Waals surface area contributed by atoms with Gasteiger partial charge in [-0.05, 0) is 19.2 Å². The van der Waals surface area contributed by atoms with Crippen molar-refractivity contribution in [1.82, 2.24) is 30.4 Å². The molecule has 3 rings (SSSR count). The van der Waals surface area contributed by atoms with E-state index in [2.05, 4.69) is 25.7 Å². The summed E-state index contributed by atoms with van der Waals surface area (Å²) in [5.74, 6) is 0.617. The number of fused-ring (bicyclic) bond motifs is 1. The van der Waals surface area contributed by atoms with Crippen LogP contribution in [0.1, 0.15) is 17.4 Å². The third kappa shape index (κ3) is 2.84. The fraction of sp³-hybridized carbons (Fsp3) is 0.267. The molecule has 0 aliphatic rings. The van der Waals surface area contributed by atoms with Gasteiger partial charge in [0.1, 0.15) is 11.9 Å². The molecule has 1 aromatic carbocycles. The Bertz CT molecular complexity index is 757. The van der Waals surface area contributed by atoms with Crippen molar-refractivity contribution in [2.24, 2.45) is 7.05 Å². The SMILES string of the molecule is CNC(C(=O)NCc1nc2ccccc2[nH]1)c1cnn(C)c1. The van der Waals surface area contributed by atoms with Crippen LogP contribution >= 0.6 is 0 Å². The van der Waals surface area contributed by atoms with E-state index in [9.17, 15) is 4.79 Å². The van der Waals surface area contributed by atoms with Gasteiger partial charge in [-0.25, -0.2) is 4.98 Å². The number of likely N-dealkylation sites (N-methyl/N-ethyl adjacent to an activating group) is 1. The second-order valence-electron chi connectivity index (χ2n) is 5.09. The number of benzene rings is 1. The summed E-state index contributed by atoms with van der Waals surface area (Å²) in [7, 11) is 3.57. The molecule has 0 aliphatic carbocycles. The fourth-order valence-electron chi connectivity index (χ4n) is 2.40. The van der Waals surface area contributed by atoms with Gasteiger partial charge in [0.2, 0.25) is 5.91 Å². The number of carbonyl (C=O) groups is 1. The predicted octanol–water partition coefficient (Wildman–Crippen LogP) is 0.873. The first-order chi connectivity index (χ1) is 10.7. The second kappa shape index (κ2) is 5.98. The van der Waals surface area contributed by atoms with E-state index in [-0.39, 0.29) is 5.91 Å². The highest BCUT2D eigenvalue weighted by Gasteiger charge is 2.20. The van der Waals surface area contributed by atoms with Crippen LogP contribution in [0.3, 0.4) is 0 Å². The molecule has 0 aliphatic heterocycles. The van der Waals surface area contributed by atoms with E-state index in [0.29, 0.717) is 6.54 Å². The van der Waals surface area contributed by atoms with Gasteiger partial charge in [0.25, 0.3) is 0 Å². The molecule has 0 fully saturated rings. The molecule has 7 heteroatoms. The molecular weight excluding hydrogens is 280 g/mol. The number of H-pyrrole nitrogens is 1. The minimum Gasteiger partial charge on any atom is -0.347 e. The van der Waals surface area contributed by atoms with Crippen molar-refractivity contribution in [3.63, 3.8) is 0 Å². The lowest BCUT2D eigenvalue weighted by Gasteiger charge is -2.13. The summed E-state index contributed by atoms with van der Waals surface area (Å²) in [6.45, 7) is 0.353. The Balaban J connectivity index is 1.68. The Hall–Kier alpha value is -2.67. The number of carbonyl (C=O) groups excluding carboxylic acids is 1. The van der Waals surface area contributed by atoms with Crippen LogP contribution in [-0.2, 0) is 18.4 Å². The van der Waals surface area contributed by atoms with Crippen LogP contribution in [0.2, 0.25) is 0 Å². The minimum absolute atomic E-state index is 0.115. The lowest BCUT2D eigenvalue weighted by Crippen LogP contribution is -2.35. The zero-order valence-electron chi connectivity index (χ0n) is 12.5. The van der Waals surface area contributed by atoms with Gasteiger partial charge in [0.15, 0.2) is 0 Å². The fourth-order valence-corrected chi connectivity index (χ4v) is 2.40. The Morgan fingerprint density at radius 3 is 2.91 bits per heavy atom.